The summed E-state index contributed by atoms with van der Waals surface area (Å²) in [4.78, 5) is 11.7. The van der Waals surface area contributed by atoms with Crippen LogP contribution in [0.15, 0.2) is 40.8 Å². The molecule has 1 amide bonds. The molecule has 1 aromatic carbocycles. The standard InChI is InChI=1S/C16H19NO3/c1-12(5-4-10-18)17-16(19)9-8-14-11-13-6-2-3-7-15(13)20-14/h2-3,6-9,11-12,18H,4-5,10H2,1H3,(H,17,19)/b9-8+. The number of hydrogen-bond acceptors (Lipinski definition) is 3. The highest BCUT2D eigenvalue weighted by Gasteiger charge is 2.04. The second kappa shape index (κ2) is 6.91. The summed E-state index contributed by atoms with van der Waals surface area (Å²) in [6.07, 6.45) is 4.58. The summed E-state index contributed by atoms with van der Waals surface area (Å²) in [5.74, 6) is 0.500. The lowest BCUT2D eigenvalue weighted by molar-refractivity contribution is -0.117. The number of amides is 1. The number of furan rings is 1. The van der Waals surface area contributed by atoms with Gasteiger partial charge in [-0.05, 0) is 38.0 Å². The van der Waals surface area contributed by atoms with Crippen LogP contribution in [0.3, 0.4) is 0 Å². The first kappa shape index (κ1) is 14.3. The Bertz CT molecular complexity index is 568. The van der Waals surface area contributed by atoms with E-state index in [1.807, 2.05) is 37.3 Å². The number of benzene rings is 1. The van der Waals surface area contributed by atoms with Crippen LogP contribution in [0, 0.1) is 0 Å². The molecular formula is C16H19NO3. The molecule has 20 heavy (non-hydrogen) atoms. The Morgan fingerprint density at radius 2 is 2.25 bits per heavy atom. The SMILES string of the molecule is CC(CCCO)NC(=O)/C=C/c1cc2ccccc2o1. The molecule has 4 nitrogen and oxygen atoms in total. The van der Waals surface area contributed by atoms with E-state index in [9.17, 15) is 4.79 Å². The van der Waals surface area contributed by atoms with Gasteiger partial charge in [-0.25, -0.2) is 0 Å². The number of nitrogens with one attached hydrogen (secondary N) is 1. The van der Waals surface area contributed by atoms with Gasteiger partial charge in [-0.3, -0.25) is 4.79 Å². The lowest BCUT2D eigenvalue weighted by Crippen LogP contribution is -2.31. The first-order chi connectivity index (χ1) is 9.69. The van der Waals surface area contributed by atoms with Gasteiger partial charge in [0.05, 0.1) is 0 Å². The highest BCUT2D eigenvalue weighted by atomic mass is 16.3. The van der Waals surface area contributed by atoms with Crippen LogP contribution in [0.1, 0.15) is 25.5 Å². The number of aliphatic hydroxyl groups excluding tert-OH is 1. The van der Waals surface area contributed by atoms with Crippen LogP contribution in [0.25, 0.3) is 17.0 Å². The van der Waals surface area contributed by atoms with Crippen LogP contribution >= 0.6 is 0 Å². The van der Waals surface area contributed by atoms with E-state index in [-0.39, 0.29) is 18.6 Å². The molecule has 1 unspecified atom stereocenters. The van der Waals surface area contributed by atoms with Gasteiger partial charge >= 0.3 is 0 Å². The second-order valence-corrected chi connectivity index (χ2v) is 4.80. The fourth-order valence-corrected chi connectivity index (χ4v) is 2.00. The number of carbonyl (C=O) groups excluding carboxylic acids is 1. The van der Waals surface area contributed by atoms with Crippen molar-refractivity contribution in [1.29, 1.82) is 0 Å². The van der Waals surface area contributed by atoms with E-state index in [0.29, 0.717) is 12.2 Å². The molecule has 0 saturated heterocycles. The Labute approximate surface area is 118 Å². The average Bonchev–Trinajstić information content (AvgIpc) is 2.85. The molecule has 0 aliphatic carbocycles. The molecule has 106 valence electrons. The molecule has 0 saturated carbocycles. The van der Waals surface area contributed by atoms with Crippen molar-refractivity contribution in [3.8, 4) is 0 Å². The van der Waals surface area contributed by atoms with Gasteiger partial charge in [0.15, 0.2) is 0 Å². The molecule has 0 spiro atoms. The molecule has 2 rings (SSSR count). The summed E-state index contributed by atoms with van der Waals surface area (Å²) in [6, 6.07) is 9.66. The molecule has 1 aromatic heterocycles. The molecule has 1 atom stereocenters. The van der Waals surface area contributed by atoms with Crippen molar-refractivity contribution < 1.29 is 14.3 Å². The number of carbonyl (C=O) groups is 1. The largest absolute Gasteiger partial charge is 0.457 e. The lowest BCUT2D eigenvalue weighted by atomic mass is 10.2. The number of hydrogen-bond donors (Lipinski definition) is 2. The molecule has 0 aliphatic heterocycles. The maximum Gasteiger partial charge on any atom is 0.244 e. The minimum Gasteiger partial charge on any atom is -0.457 e. The first-order valence-electron chi connectivity index (χ1n) is 6.77. The van der Waals surface area contributed by atoms with Gasteiger partial charge in [-0.2, -0.15) is 0 Å². The van der Waals surface area contributed by atoms with Gasteiger partial charge in [-0.1, -0.05) is 18.2 Å². The van der Waals surface area contributed by atoms with Crippen LogP contribution in [-0.2, 0) is 4.79 Å². The van der Waals surface area contributed by atoms with E-state index in [0.717, 1.165) is 17.4 Å². The highest BCUT2D eigenvalue weighted by Crippen LogP contribution is 2.19. The second-order valence-electron chi connectivity index (χ2n) is 4.80. The monoisotopic (exact) mass is 273 g/mol. The average molecular weight is 273 g/mol. The van der Waals surface area contributed by atoms with Gasteiger partial charge in [0.2, 0.25) is 5.91 Å². The van der Waals surface area contributed by atoms with E-state index in [2.05, 4.69) is 5.32 Å². The summed E-state index contributed by atoms with van der Waals surface area (Å²) in [5, 5.41) is 12.6. The van der Waals surface area contributed by atoms with Crippen molar-refractivity contribution in [3.63, 3.8) is 0 Å². The van der Waals surface area contributed by atoms with Gasteiger partial charge in [0, 0.05) is 24.1 Å². The van der Waals surface area contributed by atoms with Gasteiger partial charge < -0.3 is 14.8 Å². The van der Waals surface area contributed by atoms with Crippen molar-refractivity contribution in [3.05, 3.63) is 42.2 Å². The van der Waals surface area contributed by atoms with Crippen molar-refractivity contribution in [1.82, 2.24) is 5.32 Å². The molecule has 0 radical (unpaired) electrons. The topological polar surface area (TPSA) is 62.5 Å². The van der Waals surface area contributed by atoms with E-state index in [1.54, 1.807) is 6.08 Å². The minimum absolute atomic E-state index is 0.0509. The van der Waals surface area contributed by atoms with Crippen molar-refractivity contribution in [2.24, 2.45) is 0 Å². The van der Waals surface area contributed by atoms with E-state index in [4.69, 9.17) is 9.52 Å². The number of fused-ring (bicyclic) bond motifs is 1. The van der Waals surface area contributed by atoms with Crippen LogP contribution in [0.2, 0.25) is 0 Å². The predicted molar refractivity (Wildman–Crippen MR) is 79.2 cm³/mol. The fraction of sp³-hybridized carbons (Fsp3) is 0.312. The van der Waals surface area contributed by atoms with Gasteiger partial charge in [0.1, 0.15) is 11.3 Å². The molecule has 4 heteroatoms. The molecule has 2 aromatic rings. The third kappa shape index (κ3) is 3.96. The van der Waals surface area contributed by atoms with E-state index >= 15 is 0 Å². The Kier molecular flexibility index (Phi) is 4.96. The van der Waals surface area contributed by atoms with Crippen molar-refractivity contribution >= 4 is 23.0 Å². The molecule has 0 fully saturated rings. The zero-order chi connectivity index (χ0) is 14.4. The fourth-order valence-electron chi connectivity index (χ4n) is 2.00. The quantitative estimate of drug-likeness (QED) is 0.795. The smallest absolute Gasteiger partial charge is 0.244 e. The zero-order valence-corrected chi connectivity index (χ0v) is 11.5. The summed E-state index contributed by atoms with van der Waals surface area (Å²) < 4.78 is 5.59. The summed E-state index contributed by atoms with van der Waals surface area (Å²) >= 11 is 0. The first-order valence-corrected chi connectivity index (χ1v) is 6.77. The summed E-state index contributed by atoms with van der Waals surface area (Å²) in [5.41, 5.74) is 0.809. The molecule has 2 N–H and O–H groups in total. The molecule has 0 bridgehead atoms. The van der Waals surface area contributed by atoms with E-state index in [1.165, 1.54) is 6.08 Å². The van der Waals surface area contributed by atoms with Crippen molar-refractivity contribution in [2.75, 3.05) is 6.61 Å². The Morgan fingerprint density at radius 1 is 1.45 bits per heavy atom. The Balaban J connectivity index is 1.93. The van der Waals surface area contributed by atoms with Gasteiger partial charge in [-0.15, -0.1) is 0 Å². The van der Waals surface area contributed by atoms with Crippen LogP contribution in [0.5, 0.6) is 0 Å². The van der Waals surface area contributed by atoms with Crippen LogP contribution < -0.4 is 5.32 Å². The number of aliphatic hydroxyl groups is 1. The van der Waals surface area contributed by atoms with Crippen molar-refractivity contribution in [2.45, 2.75) is 25.8 Å². The third-order valence-electron chi connectivity index (χ3n) is 3.03. The number of rotatable bonds is 6. The number of para-hydroxylation sites is 1. The Hall–Kier alpha value is -2.07. The lowest BCUT2D eigenvalue weighted by Gasteiger charge is -2.10. The summed E-state index contributed by atoms with van der Waals surface area (Å²) in [6.45, 7) is 2.07. The third-order valence-corrected chi connectivity index (χ3v) is 3.03. The van der Waals surface area contributed by atoms with Gasteiger partial charge in [0.25, 0.3) is 0 Å². The molecular weight excluding hydrogens is 254 g/mol. The Morgan fingerprint density at radius 3 is 3.00 bits per heavy atom. The van der Waals surface area contributed by atoms with Crippen LogP contribution in [-0.4, -0.2) is 23.7 Å². The zero-order valence-electron chi connectivity index (χ0n) is 11.5. The maximum atomic E-state index is 11.7. The minimum atomic E-state index is -0.157. The van der Waals surface area contributed by atoms with Crippen LogP contribution in [0.4, 0.5) is 0 Å². The highest BCUT2D eigenvalue weighted by molar-refractivity contribution is 5.92. The summed E-state index contributed by atoms with van der Waals surface area (Å²) in [7, 11) is 0. The molecule has 1 heterocycles. The van der Waals surface area contributed by atoms with E-state index < -0.39 is 0 Å². The normalized spacial score (nSPS) is 12.9. The molecule has 0 aliphatic rings. The predicted octanol–water partition coefficient (Wildman–Crippen LogP) is 2.72. The maximum absolute atomic E-state index is 11.7.